The predicted molar refractivity (Wildman–Crippen MR) is 247 cm³/mol. The van der Waals surface area contributed by atoms with Crippen LogP contribution in [0.15, 0.2) is 0 Å². The van der Waals surface area contributed by atoms with Crippen LogP contribution in [0.2, 0.25) is 0 Å². The Morgan fingerprint density at radius 2 is 0.569 bits per heavy atom. The number of hydrogen-bond donors (Lipinski definition) is 0. The number of carbonyl (C=O) groups is 3. The SMILES string of the molecule is CCCCCCCCCCCCC(=O)OC[C@H](COC(=O)CCCCCCCCCCCCCCCCC(C)C)OC(=O)CCCCCCCCCCCCC(C)C. The highest BCUT2D eigenvalue weighted by molar-refractivity contribution is 5.71. The van der Waals surface area contributed by atoms with Crippen LogP contribution in [-0.4, -0.2) is 37.2 Å². The number of hydrogen-bond acceptors (Lipinski definition) is 6. The maximum absolute atomic E-state index is 12.8. The number of rotatable bonds is 46. The molecule has 0 fully saturated rings. The van der Waals surface area contributed by atoms with Gasteiger partial charge in [-0.1, -0.05) is 247 Å². The minimum atomic E-state index is -0.761. The molecule has 0 aliphatic carbocycles. The zero-order chi connectivity index (χ0) is 42.6. The molecule has 0 spiro atoms. The molecule has 0 unspecified atom stereocenters. The number of carbonyl (C=O) groups excluding carboxylic acids is 3. The van der Waals surface area contributed by atoms with Gasteiger partial charge in [-0.05, 0) is 31.1 Å². The fourth-order valence-electron chi connectivity index (χ4n) is 7.81. The van der Waals surface area contributed by atoms with E-state index in [-0.39, 0.29) is 31.1 Å². The lowest BCUT2D eigenvalue weighted by Gasteiger charge is -2.18. The summed E-state index contributed by atoms with van der Waals surface area (Å²) in [6.07, 6.45) is 45.2. The van der Waals surface area contributed by atoms with Crippen molar-refractivity contribution in [3.8, 4) is 0 Å². The van der Waals surface area contributed by atoms with Crippen molar-refractivity contribution in [2.45, 2.75) is 291 Å². The Bertz CT molecular complexity index is 885. The molecule has 58 heavy (non-hydrogen) atoms. The molecule has 0 amide bonds. The Balaban J connectivity index is 4.27. The minimum absolute atomic E-state index is 0.0638. The van der Waals surface area contributed by atoms with Gasteiger partial charge in [-0.3, -0.25) is 14.4 Å². The van der Waals surface area contributed by atoms with Crippen LogP contribution in [-0.2, 0) is 28.6 Å². The molecule has 0 N–H and O–H groups in total. The van der Waals surface area contributed by atoms with Crippen LogP contribution in [0, 0.1) is 11.8 Å². The van der Waals surface area contributed by atoms with Crippen molar-refractivity contribution in [2.75, 3.05) is 13.2 Å². The van der Waals surface area contributed by atoms with Crippen LogP contribution in [0.5, 0.6) is 0 Å². The molecule has 0 radical (unpaired) electrons. The second-order valence-electron chi connectivity index (χ2n) is 18.8. The summed E-state index contributed by atoms with van der Waals surface area (Å²) < 4.78 is 16.8. The van der Waals surface area contributed by atoms with Crippen molar-refractivity contribution in [3.63, 3.8) is 0 Å². The van der Waals surface area contributed by atoms with Gasteiger partial charge in [0.1, 0.15) is 13.2 Å². The zero-order valence-electron chi connectivity index (χ0n) is 39.7. The molecular weight excluding hydrogens is 721 g/mol. The van der Waals surface area contributed by atoms with E-state index >= 15 is 0 Å². The van der Waals surface area contributed by atoms with Crippen molar-refractivity contribution in [3.05, 3.63) is 0 Å². The second-order valence-corrected chi connectivity index (χ2v) is 18.8. The van der Waals surface area contributed by atoms with Crippen LogP contribution >= 0.6 is 0 Å². The third kappa shape index (κ3) is 45.5. The van der Waals surface area contributed by atoms with E-state index in [0.29, 0.717) is 19.3 Å². The molecule has 0 heterocycles. The molecule has 0 aromatic rings. The van der Waals surface area contributed by atoms with Crippen LogP contribution in [0.1, 0.15) is 285 Å². The van der Waals surface area contributed by atoms with Gasteiger partial charge in [0.05, 0.1) is 0 Å². The van der Waals surface area contributed by atoms with Gasteiger partial charge in [-0.2, -0.15) is 0 Å². The molecule has 0 aromatic carbocycles. The first-order valence-electron chi connectivity index (χ1n) is 25.7. The van der Waals surface area contributed by atoms with E-state index in [0.717, 1.165) is 69.6 Å². The highest BCUT2D eigenvalue weighted by Crippen LogP contribution is 2.17. The third-order valence-electron chi connectivity index (χ3n) is 11.7. The molecule has 0 aliphatic heterocycles. The number of esters is 3. The highest BCUT2D eigenvalue weighted by atomic mass is 16.6. The Labute approximate surface area is 361 Å². The lowest BCUT2D eigenvalue weighted by molar-refractivity contribution is -0.167. The monoisotopic (exact) mass is 821 g/mol. The standard InChI is InChI=1S/C52H100O6/c1-6-7-8-9-10-11-22-27-32-37-42-50(53)56-45-49(58-52(55)44-39-34-29-24-19-18-21-26-31-36-41-48(4)5)46-57-51(54)43-38-33-28-23-17-15-13-12-14-16-20-25-30-35-40-47(2)3/h47-49H,6-46H2,1-5H3/t49-/m1/s1. The van der Waals surface area contributed by atoms with Crippen LogP contribution < -0.4 is 0 Å². The van der Waals surface area contributed by atoms with E-state index in [2.05, 4.69) is 34.6 Å². The average molecular weight is 821 g/mol. The van der Waals surface area contributed by atoms with Crippen LogP contribution in [0.3, 0.4) is 0 Å². The Morgan fingerprint density at radius 3 is 0.845 bits per heavy atom. The van der Waals surface area contributed by atoms with E-state index in [1.807, 2.05) is 0 Å². The lowest BCUT2D eigenvalue weighted by Crippen LogP contribution is -2.30. The van der Waals surface area contributed by atoms with Crippen molar-refractivity contribution in [1.29, 1.82) is 0 Å². The second kappa shape index (κ2) is 44.9. The molecule has 0 aliphatic rings. The summed E-state index contributed by atoms with van der Waals surface area (Å²) in [5.74, 6) is 0.811. The van der Waals surface area contributed by atoms with E-state index < -0.39 is 6.10 Å². The molecule has 0 saturated carbocycles. The first-order valence-corrected chi connectivity index (χ1v) is 25.7. The Morgan fingerprint density at radius 1 is 0.328 bits per heavy atom. The third-order valence-corrected chi connectivity index (χ3v) is 11.7. The first kappa shape index (κ1) is 56.4. The van der Waals surface area contributed by atoms with Gasteiger partial charge in [0.2, 0.25) is 0 Å². The van der Waals surface area contributed by atoms with Gasteiger partial charge < -0.3 is 14.2 Å². The normalized spacial score (nSPS) is 12.1. The quantitative estimate of drug-likeness (QED) is 0.0346. The maximum Gasteiger partial charge on any atom is 0.306 e. The Hall–Kier alpha value is -1.59. The molecule has 0 aromatic heterocycles. The Kier molecular flexibility index (Phi) is 43.7. The van der Waals surface area contributed by atoms with Gasteiger partial charge >= 0.3 is 17.9 Å². The van der Waals surface area contributed by atoms with E-state index in [4.69, 9.17) is 14.2 Å². The summed E-state index contributed by atoms with van der Waals surface area (Å²) in [4.78, 5) is 37.9. The van der Waals surface area contributed by atoms with E-state index in [1.54, 1.807) is 0 Å². The first-order chi connectivity index (χ1) is 28.2. The lowest BCUT2D eigenvalue weighted by atomic mass is 10.0. The van der Waals surface area contributed by atoms with Crippen molar-refractivity contribution < 1.29 is 28.6 Å². The van der Waals surface area contributed by atoms with Crippen molar-refractivity contribution >= 4 is 17.9 Å². The fraction of sp³-hybridized carbons (Fsp3) is 0.942. The van der Waals surface area contributed by atoms with Crippen molar-refractivity contribution in [2.24, 2.45) is 11.8 Å². The molecule has 6 heteroatoms. The van der Waals surface area contributed by atoms with Gasteiger partial charge in [0.25, 0.3) is 0 Å². The summed E-state index contributed by atoms with van der Waals surface area (Å²) in [7, 11) is 0. The van der Waals surface area contributed by atoms with Gasteiger partial charge in [0, 0.05) is 19.3 Å². The highest BCUT2D eigenvalue weighted by Gasteiger charge is 2.19. The smallest absolute Gasteiger partial charge is 0.306 e. The molecule has 1 atom stereocenters. The summed E-state index contributed by atoms with van der Waals surface area (Å²) >= 11 is 0. The predicted octanol–water partition coefficient (Wildman–Crippen LogP) is 16.5. The minimum Gasteiger partial charge on any atom is -0.462 e. The fourth-order valence-corrected chi connectivity index (χ4v) is 7.81. The number of ether oxygens (including phenoxy) is 3. The molecule has 344 valence electrons. The summed E-state index contributed by atoms with van der Waals surface area (Å²) in [6.45, 7) is 11.4. The zero-order valence-corrected chi connectivity index (χ0v) is 39.7. The molecule has 0 bridgehead atoms. The molecule has 6 nitrogen and oxygen atoms in total. The topological polar surface area (TPSA) is 78.9 Å². The summed E-state index contributed by atoms with van der Waals surface area (Å²) in [5, 5.41) is 0. The molecule has 0 rings (SSSR count). The van der Waals surface area contributed by atoms with E-state index in [9.17, 15) is 14.4 Å². The number of unbranched alkanes of at least 4 members (excludes halogenated alkanes) is 31. The van der Waals surface area contributed by atoms with Crippen LogP contribution in [0.4, 0.5) is 0 Å². The van der Waals surface area contributed by atoms with Gasteiger partial charge in [0.15, 0.2) is 6.10 Å². The maximum atomic E-state index is 12.8. The van der Waals surface area contributed by atoms with Crippen LogP contribution in [0.25, 0.3) is 0 Å². The van der Waals surface area contributed by atoms with E-state index in [1.165, 1.54) is 173 Å². The van der Waals surface area contributed by atoms with Gasteiger partial charge in [-0.25, -0.2) is 0 Å². The summed E-state index contributed by atoms with van der Waals surface area (Å²) in [6, 6.07) is 0. The summed E-state index contributed by atoms with van der Waals surface area (Å²) in [5.41, 5.74) is 0. The van der Waals surface area contributed by atoms with Crippen molar-refractivity contribution in [1.82, 2.24) is 0 Å². The molecule has 0 saturated heterocycles. The largest absolute Gasteiger partial charge is 0.462 e. The average Bonchev–Trinajstić information content (AvgIpc) is 3.19. The molecular formula is C52H100O6. The van der Waals surface area contributed by atoms with Gasteiger partial charge in [-0.15, -0.1) is 0 Å².